The van der Waals surface area contributed by atoms with Crippen LogP contribution in [0.4, 0.5) is 0 Å². The molecule has 7 aliphatic rings. The fourth-order valence-electron chi connectivity index (χ4n) is 7.74. The number of hydrogen-bond acceptors (Lipinski definition) is 11. The molecule has 222 valence electrons. The van der Waals surface area contributed by atoms with Crippen LogP contribution in [0.3, 0.4) is 0 Å². The molecule has 0 aromatic rings. The SMILES string of the molecule is CC1(C)O[C@@]2(C)CC[C@@H]1[C@@H](N(N1CCOCC1)N1CCOCC1)/C2=N/OCCN(N1CCCC1)N1CCCC1. The van der Waals surface area contributed by atoms with Crippen LogP contribution in [0.25, 0.3) is 0 Å². The second-order valence-corrected chi connectivity index (χ2v) is 12.7. The standard InChI is InChI=1S/C28H51N7O4/c1-27(2)24-8-9-28(3,39-27)26(25(24)35(32-14-19-36-20-15-32)33-16-21-37-22-17-33)29-38-23-18-34(30-10-4-5-11-30)31-12-6-7-13-31/h24-25H,4-23H2,1-3H3/b29-26-/t24-,25-,28+/m1/s1. The molecule has 0 spiro atoms. The number of oxime groups is 1. The largest absolute Gasteiger partial charge is 0.394 e. The van der Waals surface area contributed by atoms with Crippen molar-refractivity contribution in [1.82, 2.24) is 30.3 Å². The minimum Gasteiger partial charge on any atom is -0.394 e. The molecule has 1 saturated carbocycles. The van der Waals surface area contributed by atoms with E-state index in [0.29, 0.717) is 12.5 Å². The van der Waals surface area contributed by atoms with E-state index in [1.807, 2.05) is 0 Å². The van der Waals surface area contributed by atoms with E-state index in [2.05, 4.69) is 51.0 Å². The lowest BCUT2D eigenvalue weighted by Gasteiger charge is -2.62. The van der Waals surface area contributed by atoms with Crippen molar-refractivity contribution in [3.8, 4) is 0 Å². The molecule has 0 aromatic carbocycles. The van der Waals surface area contributed by atoms with E-state index in [1.165, 1.54) is 25.7 Å². The smallest absolute Gasteiger partial charge is 0.132 e. The first-order valence-electron chi connectivity index (χ1n) is 15.6. The van der Waals surface area contributed by atoms with Crippen LogP contribution in [0.15, 0.2) is 5.16 Å². The average Bonchev–Trinajstić information content (AvgIpc) is 3.66. The van der Waals surface area contributed by atoms with Crippen molar-refractivity contribution in [2.75, 3.05) is 91.9 Å². The molecule has 6 saturated heterocycles. The van der Waals surface area contributed by atoms with Gasteiger partial charge in [0.2, 0.25) is 0 Å². The van der Waals surface area contributed by atoms with Crippen LogP contribution in [0.5, 0.6) is 0 Å². The van der Waals surface area contributed by atoms with Gasteiger partial charge in [-0.25, -0.2) is 20.0 Å². The highest BCUT2D eigenvalue weighted by molar-refractivity contribution is 5.98. The number of morpholine rings is 2. The van der Waals surface area contributed by atoms with Crippen molar-refractivity contribution >= 4 is 5.71 Å². The topological polar surface area (TPSA) is 68.7 Å². The number of hydrazine groups is 4. The molecule has 1 aliphatic carbocycles. The zero-order valence-corrected chi connectivity index (χ0v) is 24.6. The number of rotatable bonds is 9. The highest BCUT2D eigenvalue weighted by atomic mass is 16.6. The molecule has 0 aromatic heterocycles. The Labute approximate surface area is 234 Å². The summed E-state index contributed by atoms with van der Waals surface area (Å²) in [6.45, 7) is 19.3. The minimum atomic E-state index is -0.441. The van der Waals surface area contributed by atoms with Gasteiger partial charge in [0.1, 0.15) is 17.9 Å². The van der Waals surface area contributed by atoms with Crippen molar-refractivity contribution in [2.45, 2.75) is 76.5 Å². The van der Waals surface area contributed by atoms with Crippen molar-refractivity contribution in [1.29, 1.82) is 0 Å². The van der Waals surface area contributed by atoms with E-state index >= 15 is 0 Å². The second kappa shape index (κ2) is 12.1. The fourth-order valence-corrected chi connectivity index (χ4v) is 7.74. The van der Waals surface area contributed by atoms with Crippen LogP contribution >= 0.6 is 0 Å². The van der Waals surface area contributed by atoms with Crippen LogP contribution in [-0.2, 0) is 19.0 Å². The Hall–Kier alpha value is -0.890. The lowest BCUT2D eigenvalue weighted by atomic mass is 9.64. The first-order valence-corrected chi connectivity index (χ1v) is 15.6. The molecule has 2 bridgehead atoms. The van der Waals surface area contributed by atoms with E-state index in [9.17, 15) is 0 Å². The van der Waals surface area contributed by atoms with Gasteiger partial charge in [0.05, 0.1) is 44.6 Å². The van der Waals surface area contributed by atoms with Gasteiger partial charge in [-0.3, -0.25) is 0 Å². The summed E-state index contributed by atoms with van der Waals surface area (Å²) in [5, 5.41) is 20.0. The Morgan fingerprint density at radius 1 is 0.795 bits per heavy atom. The van der Waals surface area contributed by atoms with Gasteiger partial charge < -0.3 is 19.0 Å². The molecule has 11 nitrogen and oxygen atoms in total. The lowest BCUT2D eigenvalue weighted by molar-refractivity contribution is -0.280. The Kier molecular flexibility index (Phi) is 8.80. The second-order valence-electron chi connectivity index (χ2n) is 12.7. The molecule has 39 heavy (non-hydrogen) atoms. The highest BCUT2D eigenvalue weighted by Crippen LogP contribution is 2.50. The summed E-state index contributed by atoms with van der Waals surface area (Å²) >= 11 is 0. The Morgan fingerprint density at radius 2 is 1.33 bits per heavy atom. The third kappa shape index (κ3) is 5.89. The van der Waals surface area contributed by atoms with Crippen molar-refractivity contribution in [3.05, 3.63) is 0 Å². The zero-order valence-electron chi connectivity index (χ0n) is 24.6. The molecule has 6 heterocycles. The minimum absolute atomic E-state index is 0.0944. The number of hydrogen-bond donors (Lipinski definition) is 0. The Morgan fingerprint density at radius 3 is 1.85 bits per heavy atom. The maximum absolute atomic E-state index is 6.82. The van der Waals surface area contributed by atoms with E-state index in [-0.39, 0.29) is 11.6 Å². The van der Waals surface area contributed by atoms with Gasteiger partial charge in [0, 0.05) is 58.3 Å². The quantitative estimate of drug-likeness (QED) is 0.314. The van der Waals surface area contributed by atoms with Gasteiger partial charge in [-0.1, -0.05) is 5.16 Å². The first-order chi connectivity index (χ1) is 19.0. The third-order valence-electron chi connectivity index (χ3n) is 9.68. The lowest BCUT2D eigenvalue weighted by Crippen LogP contribution is -2.75. The van der Waals surface area contributed by atoms with Crippen LogP contribution in [-0.4, -0.2) is 145 Å². The summed E-state index contributed by atoms with van der Waals surface area (Å²) < 4.78 is 18.3. The maximum atomic E-state index is 6.82. The monoisotopic (exact) mass is 549 g/mol. The molecule has 6 aliphatic heterocycles. The zero-order chi connectivity index (χ0) is 26.9. The van der Waals surface area contributed by atoms with Gasteiger partial charge in [-0.05, 0) is 59.3 Å². The fraction of sp³-hybridized carbons (Fsp3) is 0.964. The van der Waals surface area contributed by atoms with Gasteiger partial charge >= 0.3 is 0 Å². The van der Waals surface area contributed by atoms with E-state index in [4.69, 9.17) is 24.2 Å². The van der Waals surface area contributed by atoms with Crippen LogP contribution in [0.1, 0.15) is 59.3 Å². The maximum Gasteiger partial charge on any atom is 0.132 e. The molecular formula is C28H51N7O4. The third-order valence-corrected chi connectivity index (χ3v) is 9.68. The summed E-state index contributed by atoms with van der Waals surface area (Å²) in [5.74, 6) is 0.318. The van der Waals surface area contributed by atoms with Gasteiger partial charge in [-0.2, -0.15) is 10.2 Å². The summed E-state index contributed by atoms with van der Waals surface area (Å²) in [6, 6.07) is 0.0944. The van der Waals surface area contributed by atoms with Crippen molar-refractivity contribution < 1.29 is 19.0 Å². The average molecular weight is 550 g/mol. The summed E-state index contributed by atoms with van der Waals surface area (Å²) in [6.07, 6.45) is 7.22. The molecule has 7 fully saturated rings. The Bertz CT molecular complexity index is 804. The summed E-state index contributed by atoms with van der Waals surface area (Å²) in [4.78, 5) is 6.26. The van der Waals surface area contributed by atoms with Gasteiger partial charge in [0.25, 0.3) is 0 Å². The molecule has 0 N–H and O–H groups in total. The predicted octanol–water partition coefficient (Wildman–Crippen LogP) is 1.83. The predicted molar refractivity (Wildman–Crippen MR) is 148 cm³/mol. The number of fused-ring (bicyclic) bond motifs is 3. The molecule has 7 rings (SSSR count). The Balaban J connectivity index is 1.24. The summed E-state index contributed by atoms with van der Waals surface area (Å²) in [7, 11) is 0. The summed E-state index contributed by atoms with van der Waals surface area (Å²) in [5.41, 5.74) is 0.365. The molecule has 0 radical (unpaired) electrons. The van der Waals surface area contributed by atoms with Crippen LogP contribution in [0.2, 0.25) is 0 Å². The normalized spacial score (nSPS) is 36.1. The van der Waals surface area contributed by atoms with E-state index in [0.717, 1.165) is 104 Å². The van der Waals surface area contributed by atoms with E-state index in [1.54, 1.807) is 0 Å². The molecule has 11 heteroatoms. The first kappa shape index (κ1) is 28.2. The van der Waals surface area contributed by atoms with Crippen LogP contribution in [0, 0.1) is 5.92 Å². The highest BCUT2D eigenvalue weighted by Gasteiger charge is 2.61. The molecule has 0 amide bonds. The molecule has 3 atom stereocenters. The van der Waals surface area contributed by atoms with Gasteiger partial charge in [0.15, 0.2) is 0 Å². The van der Waals surface area contributed by atoms with E-state index < -0.39 is 5.60 Å². The molecule has 0 unspecified atom stereocenters. The van der Waals surface area contributed by atoms with Crippen LogP contribution < -0.4 is 0 Å². The van der Waals surface area contributed by atoms with Gasteiger partial charge in [-0.15, -0.1) is 0 Å². The number of nitrogens with zero attached hydrogens (tertiary/aromatic N) is 7. The number of ether oxygens (including phenoxy) is 3. The van der Waals surface area contributed by atoms with Crippen molar-refractivity contribution in [3.63, 3.8) is 0 Å². The molecular weight excluding hydrogens is 498 g/mol. The van der Waals surface area contributed by atoms with Crippen molar-refractivity contribution in [2.24, 2.45) is 11.1 Å².